The number of ether oxygens (including phenoxy) is 1. The van der Waals surface area contributed by atoms with Crippen molar-refractivity contribution < 1.29 is 9.53 Å². The molecule has 0 spiro atoms. The summed E-state index contributed by atoms with van der Waals surface area (Å²) in [6.45, 7) is 6.54. The van der Waals surface area contributed by atoms with E-state index in [1.54, 1.807) is 6.92 Å². The highest BCUT2D eigenvalue weighted by molar-refractivity contribution is 5.75. The predicted molar refractivity (Wildman–Crippen MR) is 77.8 cm³/mol. The van der Waals surface area contributed by atoms with Gasteiger partial charge in [0.15, 0.2) is 0 Å². The van der Waals surface area contributed by atoms with E-state index in [4.69, 9.17) is 4.74 Å². The molecule has 1 aromatic carbocycles. The number of rotatable bonds is 6. The number of hydrogen-bond acceptors (Lipinski definition) is 3. The molecule has 1 atom stereocenters. The third-order valence-electron chi connectivity index (χ3n) is 3.70. The molecule has 1 heterocycles. The summed E-state index contributed by atoms with van der Waals surface area (Å²) in [5.41, 5.74) is 1.26. The summed E-state index contributed by atoms with van der Waals surface area (Å²) in [7, 11) is 0. The van der Waals surface area contributed by atoms with Crippen LogP contribution in [0.3, 0.4) is 0 Å². The van der Waals surface area contributed by atoms with Crippen LogP contribution in [-0.2, 0) is 4.79 Å². The van der Waals surface area contributed by atoms with Gasteiger partial charge in [0, 0.05) is 25.2 Å². The van der Waals surface area contributed by atoms with Gasteiger partial charge in [-0.25, -0.2) is 0 Å². The smallest absolute Gasteiger partial charge is 0.129 e. The van der Waals surface area contributed by atoms with E-state index < -0.39 is 0 Å². The molecule has 1 aromatic rings. The van der Waals surface area contributed by atoms with Gasteiger partial charge in [-0.05, 0) is 56.9 Å². The molecule has 2 rings (SSSR count). The predicted octanol–water partition coefficient (Wildman–Crippen LogP) is 3.28. The Bertz CT molecular complexity index is 413. The summed E-state index contributed by atoms with van der Waals surface area (Å²) in [5.74, 6) is 1.90. The molecular weight excluding hydrogens is 238 g/mol. The van der Waals surface area contributed by atoms with Crippen molar-refractivity contribution in [3.63, 3.8) is 0 Å². The van der Waals surface area contributed by atoms with Crippen molar-refractivity contribution in [3.05, 3.63) is 24.3 Å². The molecule has 0 saturated carbocycles. The maximum atomic E-state index is 11.0. The molecule has 1 saturated heterocycles. The highest BCUT2D eigenvalue weighted by Gasteiger charge is 2.22. The maximum Gasteiger partial charge on any atom is 0.129 e. The Labute approximate surface area is 115 Å². The standard InChI is InChI=1S/C16H23NO2/c1-3-19-16-8-6-15(7-9-16)17-11-10-14(12-17)5-4-13(2)18/h6-9,14H,3-5,10-12H2,1-2H3. The molecule has 3 heteroatoms. The van der Waals surface area contributed by atoms with E-state index in [1.807, 2.05) is 19.1 Å². The van der Waals surface area contributed by atoms with Crippen LogP contribution < -0.4 is 9.64 Å². The number of Topliss-reactive ketones (excluding diaryl/α,β-unsaturated/α-hetero) is 1. The second kappa shape index (κ2) is 6.60. The minimum Gasteiger partial charge on any atom is -0.494 e. The monoisotopic (exact) mass is 261 g/mol. The average Bonchev–Trinajstić information content (AvgIpc) is 2.86. The van der Waals surface area contributed by atoms with Gasteiger partial charge in [0.25, 0.3) is 0 Å². The molecule has 1 aliphatic rings. The van der Waals surface area contributed by atoms with Gasteiger partial charge in [-0.1, -0.05) is 0 Å². The van der Waals surface area contributed by atoms with Crippen molar-refractivity contribution in [1.82, 2.24) is 0 Å². The molecule has 3 nitrogen and oxygen atoms in total. The van der Waals surface area contributed by atoms with Gasteiger partial charge < -0.3 is 14.4 Å². The molecule has 1 unspecified atom stereocenters. The second-order valence-electron chi connectivity index (χ2n) is 5.27. The van der Waals surface area contributed by atoms with Crippen LogP contribution in [0.4, 0.5) is 5.69 Å². The normalized spacial score (nSPS) is 18.6. The van der Waals surface area contributed by atoms with E-state index in [-0.39, 0.29) is 0 Å². The first-order valence-corrected chi connectivity index (χ1v) is 7.16. The highest BCUT2D eigenvalue weighted by Crippen LogP contribution is 2.27. The molecule has 19 heavy (non-hydrogen) atoms. The van der Waals surface area contributed by atoms with Crippen LogP contribution in [0, 0.1) is 5.92 Å². The average molecular weight is 261 g/mol. The lowest BCUT2D eigenvalue weighted by molar-refractivity contribution is -0.117. The Balaban J connectivity index is 1.87. The van der Waals surface area contributed by atoms with Crippen LogP contribution in [0.5, 0.6) is 5.75 Å². The maximum absolute atomic E-state index is 11.0. The quantitative estimate of drug-likeness (QED) is 0.787. The van der Waals surface area contributed by atoms with Gasteiger partial charge in [-0.2, -0.15) is 0 Å². The van der Waals surface area contributed by atoms with Crippen molar-refractivity contribution in [2.24, 2.45) is 5.92 Å². The lowest BCUT2D eigenvalue weighted by Gasteiger charge is -2.19. The zero-order valence-corrected chi connectivity index (χ0v) is 11.9. The highest BCUT2D eigenvalue weighted by atomic mass is 16.5. The molecule has 1 fully saturated rings. The van der Waals surface area contributed by atoms with Gasteiger partial charge in [-0.15, -0.1) is 0 Å². The minimum atomic E-state index is 0.305. The third-order valence-corrected chi connectivity index (χ3v) is 3.70. The Hall–Kier alpha value is -1.51. The van der Waals surface area contributed by atoms with E-state index in [0.717, 1.165) is 31.7 Å². The third kappa shape index (κ3) is 3.98. The Morgan fingerprint density at radius 3 is 2.74 bits per heavy atom. The molecule has 0 aliphatic carbocycles. The van der Waals surface area contributed by atoms with Crippen LogP contribution in [0.2, 0.25) is 0 Å². The van der Waals surface area contributed by atoms with E-state index in [1.165, 1.54) is 12.1 Å². The molecular formula is C16H23NO2. The Kier molecular flexibility index (Phi) is 4.83. The summed E-state index contributed by atoms with van der Waals surface area (Å²) >= 11 is 0. The zero-order chi connectivity index (χ0) is 13.7. The van der Waals surface area contributed by atoms with Crippen LogP contribution in [0.15, 0.2) is 24.3 Å². The molecule has 0 aromatic heterocycles. The number of benzene rings is 1. The number of carbonyl (C=O) groups excluding carboxylic acids is 1. The summed E-state index contributed by atoms with van der Waals surface area (Å²) < 4.78 is 5.45. The lowest BCUT2D eigenvalue weighted by atomic mass is 10.0. The van der Waals surface area contributed by atoms with E-state index in [0.29, 0.717) is 18.3 Å². The zero-order valence-electron chi connectivity index (χ0n) is 11.9. The fourth-order valence-corrected chi connectivity index (χ4v) is 2.63. The molecule has 0 N–H and O–H groups in total. The van der Waals surface area contributed by atoms with Gasteiger partial charge >= 0.3 is 0 Å². The Morgan fingerprint density at radius 1 is 1.37 bits per heavy atom. The van der Waals surface area contributed by atoms with E-state index in [2.05, 4.69) is 17.0 Å². The largest absolute Gasteiger partial charge is 0.494 e. The molecule has 104 valence electrons. The van der Waals surface area contributed by atoms with Gasteiger partial charge in [0.05, 0.1) is 6.61 Å². The fraction of sp³-hybridized carbons (Fsp3) is 0.562. The first kappa shape index (κ1) is 13.9. The van der Waals surface area contributed by atoms with Gasteiger partial charge in [0.1, 0.15) is 11.5 Å². The molecule has 0 bridgehead atoms. The number of ketones is 1. The summed E-state index contributed by atoms with van der Waals surface area (Å²) in [5, 5.41) is 0. The van der Waals surface area contributed by atoms with Crippen molar-refractivity contribution in [1.29, 1.82) is 0 Å². The van der Waals surface area contributed by atoms with Crippen molar-refractivity contribution >= 4 is 11.5 Å². The summed E-state index contributed by atoms with van der Waals surface area (Å²) in [6, 6.07) is 8.31. The van der Waals surface area contributed by atoms with E-state index in [9.17, 15) is 4.79 Å². The van der Waals surface area contributed by atoms with Crippen molar-refractivity contribution in [2.45, 2.75) is 33.1 Å². The van der Waals surface area contributed by atoms with E-state index >= 15 is 0 Å². The number of nitrogens with zero attached hydrogens (tertiary/aromatic N) is 1. The van der Waals surface area contributed by atoms with Crippen molar-refractivity contribution in [2.75, 3.05) is 24.6 Å². The van der Waals surface area contributed by atoms with Crippen LogP contribution >= 0.6 is 0 Å². The SMILES string of the molecule is CCOc1ccc(N2CCC(CCC(C)=O)C2)cc1. The van der Waals surface area contributed by atoms with Crippen LogP contribution in [0.1, 0.15) is 33.1 Å². The first-order valence-electron chi connectivity index (χ1n) is 7.16. The number of hydrogen-bond donors (Lipinski definition) is 0. The van der Waals surface area contributed by atoms with Crippen LogP contribution in [0.25, 0.3) is 0 Å². The van der Waals surface area contributed by atoms with Gasteiger partial charge in [0.2, 0.25) is 0 Å². The molecule has 0 radical (unpaired) electrons. The summed E-state index contributed by atoms with van der Waals surface area (Å²) in [4.78, 5) is 13.4. The molecule has 0 amide bonds. The minimum absolute atomic E-state index is 0.305. The molecule has 1 aliphatic heterocycles. The fourth-order valence-electron chi connectivity index (χ4n) is 2.63. The lowest BCUT2D eigenvalue weighted by Crippen LogP contribution is -2.19. The number of carbonyl (C=O) groups is 1. The first-order chi connectivity index (χ1) is 9.19. The topological polar surface area (TPSA) is 29.5 Å². The van der Waals surface area contributed by atoms with Crippen LogP contribution in [-0.4, -0.2) is 25.5 Å². The van der Waals surface area contributed by atoms with Crippen molar-refractivity contribution in [3.8, 4) is 5.75 Å². The summed E-state index contributed by atoms with van der Waals surface area (Å²) in [6.07, 6.45) is 2.95. The van der Waals surface area contributed by atoms with Gasteiger partial charge in [-0.3, -0.25) is 0 Å². The second-order valence-corrected chi connectivity index (χ2v) is 5.27. The Morgan fingerprint density at radius 2 is 2.11 bits per heavy atom. The number of anilines is 1.